The first-order chi connectivity index (χ1) is 15.6. The smallest absolute Gasteiger partial charge is 0.147 e. The minimum Gasteiger partial charge on any atom is -0.411 e. The number of oxime groups is 2. The van der Waals surface area contributed by atoms with Gasteiger partial charge in [-0.05, 0) is 81.5 Å². The van der Waals surface area contributed by atoms with Crippen molar-refractivity contribution in [3.05, 3.63) is 0 Å². The molecule has 0 amide bonds. The predicted molar refractivity (Wildman–Crippen MR) is 119 cm³/mol. The number of rotatable bonds is 9. The molecule has 8 atom stereocenters. The van der Waals surface area contributed by atoms with Crippen molar-refractivity contribution in [3.63, 3.8) is 0 Å². The van der Waals surface area contributed by atoms with Gasteiger partial charge >= 0.3 is 0 Å². The molecule has 8 heteroatoms. The maximum absolute atomic E-state index is 10.0. The highest BCUT2D eigenvalue weighted by molar-refractivity contribution is 5.90. The Hall–Kier alpha value is -1.22. The minimum absolute atomic E-state index is 0.0335. The van der Waals surface area contributed by atoms with Crippen molar-refractivity contribution in [2.75, 3.05) is 27.8 Å². The fourth-order valence-corrected chi connectivity index (χ4v) is 7.92. The summed E-state index contributed by atoms with van der Waals surface area (Å²) in [5, 5.41) is 26.4. The van der Waals surface area contributed by atoms with Crippen LogP contribution in [0, 0.1) is 35.5 Å². The van der Waals surface area contributed by atoms with Gasteiger partial charge in [0.05, 0.1) is 23.1 Å². The van der Waals surface area contributed by atoms with E-state index < -0.39 is 5.60 Å². The van der Waals surface area contributed by atoms with E-state index >= 15 is 0 Å². The van der Waals surface area contributed by atoms with Gasteiger partial charge in [0.25, 0.3) is 0 Å². The standard InChI is InChI=1S/C24H40N2O6/c1-15(25-27)8-9-19-21(26-28)10-16-12-24(19,32-14-30-3)20-11-22(31-13-29-2)17-6-4-5-7-18(17)23(16)20/h16-20,22-23,27-28H,4-14H2,1-3H3/b25-15+,26-21+/t16-,17+,18+,19+,20+,22+,23-,24+/m1/s1. The van der Waals surface area contributed by atoms with Crippen molar-refractivity contribution in [3.8, 4) is 0 Å². The first-order valence-electron chi connectivity index (χ1n) is 12.2. The molecule has 0 heterocycles. The third-order valence-electron chi connectivity index (χ3n) is 8.95. The van der Waals surface area contributed by atoms with E-state index in [1.807, 2.05) is 6.92 Å². The SMILES string of the molecule is COCO[C@H]1C[C@H]2[C@H]([C@@H]3C/C(=N\O)[C@H](CC/C(C)=N/O)[C@@]2(OCOC)C3)[C@H]2CCCC[C@@H]21. The molecule has 0 aromatic carbocycles. The summed E-state index contributed by atoms with van der Waals surface area (Å²) in [5.41, 5.74) is 1.07. The van der Waals surface area contributed by atoms with Crippen molar-refractivity contribution < 1.29 is 29.4 Å². The van der Waals surface area contributed by atoms with E-state index in [-0.39, 0.29) is 18.8 Å². The minimum atomic E-state index is -0.446. The number of hydrogen-bond acceptors (Lipinski definition) is 8. The summed E-state index contributed by atoms with van der Waals surface area (Å²) in [5.74, 6) is 2.47. The maximum Gasteiger partial charge on any atom is 0.147 e. The normalized spacial score (nSPS) is 42.7. The van der Waals surface area contributed by atoms with E-state index in [4.69, 9.17) is 18.9 Å². The summed E-state index contributed by atoms with van der Waals surface area (Å²) in [7, 11) is 3.34. The molecule has 0 aromatic heterocycles. The quantitative estimate of drug-likeness (QED) is 0.234. The van der Waals surface area contributed by atoms with Gasteiger partial charge in [0.15, 0.2) is 0 Å². The molecule has 4 aliphatic rings. The zero-order chi connectivity index (χ0) is 22.7. The number of hydrogen-bond donors (Lipinski definition) is 2. The average molecular weight is 453 g/mol. The third-order valence-corrected chi connectivity index (χ3v) is 8.95. The predicted octanol–water partition coefficient (Wildman–Crippen LogP) is 4.28. The molecule has 0 unspecified atom stereocenters. The maximum atomic E-state index is 10.0. The van der Waals surface area contributed by atoms with Crippen molar-refractivity contribution in [2.24, 2.45) is 45.8 Å². The van der Waals surface area contributed by atoms with Crippen LogP contribution in [0.5, 0.6) is 0 Å². The summed E-state index contributed by atoms with van der Waals surface area (Å²) in [6.07, 6.45) is 9.26. The van der Waals surface area contributed by atoms with E-state index in [9.17, 15) is 10.4 Å². The fourth-order valence-electron chi connectivity index (χ4n) is 7.92. The first kappa shape index (κ1) is 23.9. The van der Waals surface area contributed by atoms with Crippen LogP contribution in [0.25, 0.3) is 0 Å². The number of nitrogens with zero attached hydrogens (tertiary/aromatic N) is 2. The van der Waals surface area contributed by atoms with Gasteiger partial charge in [0, 0.05) is 20.1 Å². The lowest BCUT2D eigenvalue weighted by molar-refractivity contribution is -0.199. The molecular weight excluding hydrogens is 412 g/mol. The number of ether oxygens (including phenoxy) is 4. The summed E-state index contributed by atoms with van der Waals surface area (Å²) in [6.45, 7) is 2.36. The molecule has 0 aromatic rings. The van der Waals surface area contributed by atoms with Crippen LogP contribution in [0.1, 0.15) is 64.7 Å². The fraction of sp³-hybridized carbons (Fsp3) is 0.917. The van der Waals surface area contributed by atoms with E-state index in [2.05, 4.69) is 10.3 Å². The van der Waals surface area contributed by atoms with Gasteiger partial charge in [0.2, 0.25) is 0 Å². The lowest BCUT2D eigenvalue weighted by atomic mass is 9.58. The van der Waals surface area contributed by atoms with Gasteiger partial charge in [-0.3, -0.25) is 0 Å². The van der Waals surface area contributed by atoms with Crippen molar-refractivity contribution in [2.45, 2.75) is 76.4 Å². The van der Waals surface area contributed by atoms with Crippen molar-refractivity contribution in [1.82, 2.24) is 0 Å². The zero-order valence-electron chi connectivity index (χ0n) is 19.7. The van der Waals surface area contributed by atoms with Crippen LogP contribution < -0.4 is 0 Å². The van der Waals surface area contributed by atoms with E-state index in [1.165, 1.54) is 25.7 Å². The van der Waals surface area contributed by atoms with Crippen molar-refractivity contribution >= 4 is 11.4 Å². The first-order valence-corrected chi connectivity index (χ1v) is 12.2. The highest BCUT2D eigenvalue weighted by atomic mass is 16.7. The Morgan fingerprint density at radius 1 is 1.09 bits per heavy atom. The Morgan fingerprint density at radius 2 is 1.84 bits per heavy atom. The number of methoxy groups -OCH3 is 2. The molecule has 0 aliphatic heterocycles. The van der Waals surface area contributed by atoms with Gasteiger partial charge in [-0.1, -0.05) is 23.2 Å². The van der Waals surface area contributed by atoms with Crippen LogP contribution in [0.2, 0.25) is 0 Å². The summed E-state index contributed by atoms with van der Waals surface area (Å²) < 4.78 is 23.6. The van der Waals surface area contributed by atoms with Gasteiger partial charge in [-0.2, -0.15) is 0 Å². The van der Waals surface area contributed by atoms with Crippen LogP contribution in [0.15, 0.2) is 10.3 Å². The Morgan fingerprint density at radius 3 is 2.53 bits per heavy atom. The molecule has 2 N–H and O–H groups in total. The molecule has 2 bridgehead atoms. The van der Waals surface area contributed by atoms with Crippen LogP contribution in [-0.2, 0) is 18.9 Å². The molecule has 4 aliphatic carbocycles. The zero-order valence-corrected chi connectivity index (χ0v) is 19.7. The second kappa shape index (κ2) is 10.4. The average Bonchev–Trinajstić information content (AvgIpc) is 3.09. The van der Waals surface area contributed by atoms with Crippen LogP contribution >= 0.6 is 0 Å². The Kier molecular flexibility index (Phi) is 7.75. The lowest BCUT2D eigenvalue weighted by Crippen LogP contribution is -2.54. The lowest BCUT2D eigenvalue weighted by Gasteiger charge is -2.51. The van der Waals surface area contributed by atoms with Gasteiger partial charge in [-0.15, -0.1) is 0 Å². The van der Waals surface area contributed by atoms with Crippen LogP contribution in [-0.4, -0.2) is 61.3 Å². The van der Waals surface area contributed by atoms with Crippen LogP contribution in [0.3, 0.4) is 0 Å². The van der Waals surface area contributed by atoms with Gasteiger partial charge < -0.3 is 29.4 Å². The second-order valence-electron chi connectivity index (χ2n) is 10.3. The molecule has 182 valence electrons. The molecule has 8 nitrogen and oxygen atoms in total. The molecule has 4 fully saturated rings. The van der Waals surface area contributed by atoms with Crippen LogP contribution in [0.4, 0.5) is 0 Å². The monoisotopic (exact) mass is 452 g/mol. The molecule has 0 saturated heterocycles. The molecule has 0 spiro atoms. The van der Waals surface area contributed by atoms with E-state index in [0.29, 0.717) is 48.5 Å². The molecule has 4 saturated carbocycles. The van der Waals surface area contributed by atoms with E-state index in [0.717, 1.165) is 31.4 Å². The molecular formula is C24H40N2O6. The van der Waals surface area contributed by atoms with E-state index in [1.54, 1.807) is 14.2 Å². The molecule has 0 radical (unpaired) electrons. The largest absolute Gasteiger partial charge is 0.411 e. The summed E-state index contributed by atoms with van der Waals surface area (Å²) in [6, 6.07) is 0. The Balaban J connectivity index is 1.71. The highest BCUT2D eigenvalue weighted by Gasteiger charge is 2.66. The Labute approximate surface area is 191 Å². The van der Waals surface area contributed by atoms with Gasteiger partial charge in [0.1, 0.15) is 13.6 Å². The molecule has 4 rings (SSSR count). The Bertz CT molecular complexity index is 700. The number of fused-ring (bicyclic) bond motifs is 7. The second-order valence-corrected chi connectivity index (χ2v) is 10.3. The summed E-state index contributed by atoms with van der Waals surface area (Å²) in [4.78, 5) is 0. The summed E-state index contributed by atoms with van der Waals surface area (Å²) >= 11 is 0. The van der Waals surface area contributed by atoms with Crippen molar-refractivity contribution in [1.29, 1.82) is 0 Å². The molecule has 32 heavy (non-hydrogen) atoms. The topological polar surface area (TPSA) is 102 Å². The third kappa shape index (κ3) is 4.19. The highest BCUT2D eigenvalue weighted by Crippen LogP contribution is 2.65. The van der Waals surface area contributed by atoms with Gasteiger partial charge in [-0.25, -0.2) is 0 Å².